The van der Waals surface area contributed by atoms with Crippen LogP contribution in [0.3, 0.4) is 0 Å². The molecule has 0 saturated heterocycles. The van der Waals surface area contributed by atoms with Gasteiger partial charge in [0.1, 0.15) is 12.7 Å². The van der Waals surface area contributed by atoms with E-state index in [0.29, 0.717) is 6.79 Å². The minimum atomic E-state index is 0.311. The second kappa shape index (κ2) is 9.65. The summed E-state index contributed by atoms with van der Waals surface area (Å²) in [5, 5.41) is 14.3. The van der Waals surface area contributed by atoms with E-state index in [9.17, 15) is 0 Å². The number of unbranched alkanes of at least 4 members (excludes halogenated alkanes) is 1. The average molecular weight is 358 g/mol. The zero-order valence-electron chi connectivity index (χ0n) is 15.1. The number of rotatable bonds is 9. The molecule has 0 saturated carbocycles. The van der Waals surface area contributed by atoms with E-state index < -0.39 is 0 Å². The second-order valence-corrected chi connectivity index (χ2v) is 6.03. The summed E-state index contributed by atoms with van der Waals surface area (Å²) in [6.07, 6.45) is 6.46. The molecule has 0 spiro atoms. The maximum atomic E-state index is 5.42. The Hall–Kier alpha value is -2.77. The molecular weight excluding hydrogens is 332 g/mol. The number of fused-ring (bicyclic) bond motifs is 1. The highest BCUT2D eigenvalue weighted by Gasteiger charge is 2.12. The van der Waals surface area contributed by atoms with Gasteiger partial charge in [-0.05, 0) is 43.9 Å². The van der Waals surface area contributed by atoms with Gasteiger partial charge in [0.05, 0.1) is 0 Å². The third-order valence-corrected chi connectivity index (χ3v) is 4.05. The van der Waals surface area contributed by atoms with E-state index >= 15 is 0 Å². The van der Waals surface area contributed by atoms with Gasteiger partial charge < -0.3 is 24.7 Å². The van der Waals surface area contributed by atoms with Crippen LogP contribution in [0, 0.1) is 0 Å². The predicted molar refractivity (Wildman–Crippen MR) is 99.5 cm³/mol. The van der Waals surface area contributed by atoms with Crippen LogP contribution in [0.1, 0.15) is 25.3 Å². The van der Waals surface area contributed by atoms with E-state index in [1.165, 1.54) is 5.56 Å². The number of aryl methyl sites for hydroxylation is 1. The molecule has 8 nitrogen and oxygen atoms in total. The zero-order chi connectivity index (χ0) is 18.0. The molecule has 26 heavy (non-hydrogen) atoms. The van der Waals surface area contributed by atoms with Crippen LogP contribution in [-0.2, 0) is 13.0 Å². The number of hydrogen-bond acceptors (Lipinski definition) is 5. The van der Waals surface area contributed by atoms with Crippen molar-refractivity contribution in [3.05, 3.63) is 36.4 Å². The minimum absolute atomic E-state index is 0.311. The molecule has 1 aliphatic heterocycles. The third kappa shape index (κ3) is 5.37. The van der Waals surface area contributed by atoms with Crippen molar-refractivity contribution in [1.29, 1.82) is 0 Å². The number of ether oxygens (including phenoxy) is 2. The summed E-state index contributed by atoms with van der Waals surface area (Å²) in [7, 11) is 0. The van der Waals surface area contributed by atoms with Crippen LogP contribution < -0.4 is 20.1 Å². The Bertz CT molecular complexity index is 702. The molecule has 3 rings (SSSR count). The first kappa shape index (κ1) is 18.0. The van der Waals surface area contributed by atoms with Crippen LogP contribution in [0.15, 0.2) is 35.8 Å². The normalized spacial score (nSPS) is 13.0. The summed E-state index contributed by atoms with van der Waals surface area (Å²) < 4.78 is 12.7. The highest BCUT2D eigenvalue weighted by atomic mass is 16.7. The van der Waals surface area contributed by atoms with Gasteiger partial charge in [0, 0.05) is 26.2 Å². The van der Waals surface area contributed by atoms with Gasteiger partial charge in [-0.2, -0.15) is 0 Å². The lowest BCUT2D eigenvalue weighted by Gasteiger charge is -2.11. The lowest BCUT2D eigenvalue weighted by Crippen LogP contribution is -2.38. The number of nitrogens with zero attached hydrogens (tertiary/aromatic N) is 4. The first-order valence-corrected chi connectivity index (χ1v) is 9.08. The number of nitrogens with one attached hydrogen (secondary N) is 2. The lowest BCUT2D eigenvalue weighted by atomic mass is 10.1. The summed E-state index contributed by atoms with van der Waals surface area (Å²) in [6.45, 7) is 5.76. The molecule has 0 fully saturated rings. The van der Waals surface area contributed by atoms with E-state index in [4.69, 9.17) is 9.47 Å². The van der Waals surface area contributed by atoms with Crippen molar-refractivity contribution >= 4 is 5.96 Å². The monoisotopic (exact) mass is 358 g/mol. The summed E-state index contributed by atoms with van der Waals surface area (Å²) in [4.78, 5) is 4.63. The highest BCUT2D eigenvalue weighted by Crippen LogP contribution is 2.32. The molecule has 8 heteroatoms. The number of benzene rings is 1. The number of aromatic nitrogens is 3. The second-order valence-electron chi connectivity index (χ2n) is 6.03. The Morgan fingerprint density at radius 3 is 2.85 bits per heavy atom. The quantitative estimate of drug-likeness (QED) is 0.402. The first-order valence-electron chi connectivity index (χ1n) is 9.08. The average Bonchev–Trinajstić information content (AvgIpc) is 3.32. The molecular formula is C18H26N6O2. The van der Waals surface area contributed by atoms with Crippen LogP contribution in [0.5, 0.6) is 11.5 Å². The van der Waals surface area contributed by atoms with Crippen LogP contribution >= 0.6 is 0 Å². The van der Waals surface area contributed by atoms with Gasteiger partial charge in [-0.1, -0.05) is 6.07 Å². The number of hydrogen-bond donors (Lipinski definition) is 2. The van der Waals surface area contributed by atoms with Crippen molar-refractivity contribution in [3.63, 3.8) is 0 Å². The fourth-order valence-corrected chi connectivity index (χ4v) is 2.70. The molecule has 0 unspecified atom stereocenters. The van der Waals surface area contributed by atoms with Crippen molar-refractivity contribution in [2.45, 2.75) is 32.7 Å². The molecule has 0 atom stereocenters. The van der Waals surface area contributed by atoms with E-state index in [1.807, 2.05) is 16.7 Å². The molecule has 0 bridgehead atoms. The van der Waals surface area contributed by atoms with Gasteiger partial charge >= 0.3 is 0 Å². The molecule has 1 aromatic carbocycles. The largest absolute Gasteiger partial charge is 0.454 e. The minimum Gasteiger partial charge on any atom is -0.454 e. The summed E-state index contributed by atoms with van der Waals surface area (Å²) >= 11 is 0. The molecule has 140 valence electrons. The molecule has 0 amide bonds. The molecule has 0 radical (unpaired) electrons. The van der Waals surface area contributed by atoms with Crippen molar-refractivity contribution in [1.82, 2.24) is 25.4 Å². The lowest BCUT2D eigenvalue weighted by molar-refractivity contribution is 0.174. The Labute approximate surface area is 153 Å². The first-order chi connectivity index (χ1) is 12.8. The van der Waals surface area contributed by atoms with Gasteiger partial charge in [-0.15, -0.1) is 10.2 Å². The molecule has 2 N–H and O–H groups in total. The van der Waals surface area contributed by atoms with E-state index in [-0.39, 0.29) is 0 Å². The van der Waals surface area contributed by atoms with Crippen molar-refractivity contribution in [2.75, 3.05) is 26.4 Å². The van der Waals surface area contributed by atoms with E-state index in [1.54, 1.807) is 12.7 Å². The molecule has 1 aliphatic rings. The van der Waals surface area contributed by atoms with E-state index in [0.717, 1.165) is 62.9 Å². The molecule has 0 aliphatic carbocycles. The Morgan fingerprint density at radius 2 is 2.00 bits per heavy atom. The fraction of sp³-hybridized carbons (Fsp3) is 0.500. The van der Waals surface area contributed by atoms with Crippen molar-refractivity contribution < 1.29 is 9.47 Å². The van der Waals surface area contributed by atoms with Gasteiger partial charge in [-0.25, -0.2) is 0 Å². The van der Waals surface area contributed by atoms with E-state index in [2.05, 4.69) is 38.8 Å². The van der Waals surface area contributed by atoms with Gasteiger partial charge in [0.2, 0.25) is 6.79 Å². The highest BCUT2D eigenvalue weighted by molar-refractivity contribution is 5.79. The van der Waals surface area contributed by atoms with Crippen molar-refractivity contribution in [3.8, 4) is 11.5 Å². The Kier molecular flexibility index (Phi) is 6.69. The van der Waals surface area contributed by atoms with Crippen LogP contribution in [0.25, 0.3) is 0 Å². The summed E-state index contributed by atoms with van der Waals surface area (Å²) in [5.74, 6) is 2.51. The molecule has 1 aromatic heterocycles. The smallest absolute Gasteiger partial charge is 0.231 e. The third-order valence-electron chi connectivity index (χ3n) is 4.05. The summed E-state index contributed by atoms with van der Waals surface area (Å²) in [6, 6.07) is 6.08. The van der Waals surface area contributed by atoms with Crippen LogP contribution in [0.2, 0.25) is 0 Å². The van der Waals surface area contributed by atoms with Crippen molar-refractivity contribution in [2.24, 2.45) is 4.99 Å². The molecule has 2 aromatic rings. The predicted octanol–water partition coefficient (Wildman–Crippen LogP) is 1.58. The summed E-state index contributed by atoms with van der Waals surface area (Å²) in [5.41, 5.74) is 1.21. The topological polar surface area (TPSA) is 85.6 Å². The zero-order valence-corrected chi connectivity index (χ0v) is 15.1. The van der Waals surface area contributed by atoms with Gasteiger partial charge in [0.15, 0.2) is 17.5 Å². The maximum absolute atomic E-state index is 5.42. The molecule has 2 heterocycles. The maximum Gasteiger partial charge on any atom is 0.231 e. The van der Waals surface area contributed by atoms with Gasteiger partial charge in [-0.3, -0.25) is 4.99 Å². The van der Waals surface area contributed by atoms with Crippen LogP contribution in [0.4, 0.5) is 0 Å². The standard InChI is InChI=1S/C18H26N6O2/c1-2-19-18(20-8-3-4-10-24-12-22-23-13-24)21-9-7-15-5-6-16-17(11-15)26-14-25-16/h5-6,11-13H,2-4,7-10,14H2,1H3,(H2,19,20,21). The van der Waals surface area contributed by atoms with Gasteiger partial charge in [0.25, 0.3) is 0 Å². The Balaban J connectivity index is 1.38. The SMILES string of the molecule is CCNC(=NCCCCn1cnnc1)NCCc1ccc2c(c1)OCO2. The number of aliphatic imine (C=N–C) groups is 1. The number of guanidine groups is 1. The van der Waals surface area contributed by atoms with Crippen LogP contribution in [-0.4, -0.2) is 47.2 Å². The Morgan fingerprint density at radius 1 is 1.15 bits per heavy atom. The fourth-order valence-electron chi connectivity index (χ4n) is 2.70.